The fourth-order valence-electron chi connectivity index (χ4n) is 4.75. The van der Waals surface area contributed by atoms with Gasteiger partial charge >= 0.3 is 34.5 Å². The Labute approximate surface area is 277 Å². The van der Waals surface area contributed by atoms with Gasteiger partial charge in [0.2, 0.25) is 36.6 Å². The predicted molar refractivity (Wildman–Crippen MR) is 183 cm³/mol. The maximum absolute atomic E-state index is 6.49. The summed E-state index contributed by atoms with van der Waals surface area (Å²) in [7, 11) is 8.20. The number of hydrogen-bond acceptors (Lipinski definition) is 7. The van der Waals surface area contributed by atoms with Crippen LogP contribution in [0.15, 0.2) is 84.9 Å². The van der Waals surface area contributed by atoms with E-state index in [1.54, 1.807) is 0 Å². The topological polar surface area (TPSA) is 98.2 Å². The van der Waals surface area contributed by atoms with Crippen molar-refractivity contribution in [3.63, 3.8) is 0 Å². The van der Waals surface area contributed by atoms with Gasteiger partial charge in [-0.15, -0.1) is 0 Å². The van der Waals surface area contributed by atoms with Gasteiger partial charge in [0, 0.05) is 27.9 Å². The zero-order valence-corrected chi connectivity index (χ0v) is 30.2. The van der Waals surface area contributed by atoms with Gasteiger partial charge in [0.1, 0.15) is 10.6 Å². The molecule has 2 aliphatic rings. The molecule has 44 heavy (non-hydrogen) atoms. The fraction of sp³-hybridized carbons (Fsp3) is 0.250. The number of benzene rings is 4. The van der Waals surface area contributed by atoms with E-state index in [-0.39, 0.29) is 40.8 Å². The molecule has 2 heterocycles. The molecule has 12 heteroatoms. The zero-order valence-electron chi connectivity index (χ0n) is 25.0. The molecule has 6 rings (SSSR count). The van der Waals surface area contributed by atoms with Crippen molar-refractivity contribution < 1.29 is 38.8 Å². The van der Waals surface area contributed by atoms with Crippen LogP contribution in [0, 0.1) is 0 Å². The normalized spacial score (nSPS) is 13.9. The molecule has 2 atom stereocenters. The second-order valence-corrected chi connectivity index (χ2v) is 18.1. The molecule has 0 bridgehead atoms. The Kier molecular flexibility index (Phi) is 13.4. The Balaban J connectivity index is 0.000000200. The van der Waals surface area contributed by atoms with Crippen LogP contribution in [-0.4, -0.2) is 40.2 Å². The second-order valence-electron chi connectivity index (χ2n) is 10.4. The van der Waals surface area contributed by atoms with Gasteiger partial charge in [0.15, 0.2) is 11.5 Å². The van der Waals surface area contributed by atoms with E-state index in [0.29, 0.717) is 11.5 Å². The maximum atomic E-state index is 6.49. The summed E-state index contributed by atoms with van der Waals surface area (Å²) in [6, 6.07) is 27.7. The number of ether oxygens (including phenoxy) is 5. The van der Waals surface area contributed by atoms with E-state index in [4.69, 9.17) is 54.5 Å². The van der Waals surface area contributed by atoms with Crippen LogP contribution in [-0.2, 0) is 15.1 Å². The van der Waals surface area contributed by atoms with E-state index >= 15 is 0 Å². The molecule has 2 unspecified atom stereocenters. The molecular formula is C32H38Cl2N2O5P2Ru+4. The average Bonchev–Trinajstić information content (AvgIpc) is 3.72. The van der Waals surface area contributed by atoms with Gasteiger partial charge in [-0.25, -0.2) is 0 Å². The van der Waals surface area contributed by atoms with Crippen molar-refractivity contribution in [2.45, 2.75) is 12.1 Å². The quantitative estimate of drug-likeness (QED) is 0.156. The number of nitrogens with two attached hydrogens (primary N) is 2. The van der Waals surface area contributed by atoms with Crippen LogP contribution in [0.1, 0.15) is 23.2 Å². The van der Waals surface area contributed by atoms with Crippen LogP contribution in [0.4, 0.5) is 0 Å². The Morgan fingerprint density at radius 3 is 1.32 bits per heavy atom. The van der Waals surface area contributed by atoms with Crippen molar-refractivity contribution in [1.82, 2.24) is 0 Å². The Morgan fingerprint density at radius 1 is 0.614 bits per heavy atom. The third-order valence-electron chi connectivity index (χ3n) is 7.02. The monoisotopic (exact) mass is 764 g/mol. The molecule has 0 saturated heterocycles. The van der Waals surface area contributed by atoms with Crippen LogP contribution in [0.2, 0.25) is 0 Å². The summed E-state index contributed by atoms with van der Waals surface area (Å²) in [5.74, 6) is 4.34. The molecule has 0 spiro atoms. The zero-order chi connectivity index (χ0) is 31.6. The van der Waals surface area contributed by atoms with E-state index in [2.05, 4.69) is 38.8 Å². The summed E-state index contributed by atoms with van der Waals surface area (Å²) < 4.78 is 29.0. The van der Waals surface area contributed by atoms with E-state index in [1.807, 2.05) is 72.8 Å². The summed E-state index contributed by atoms with van der Waals surface area (Å²) >= 11 is -0.346. The van der Waals surface area contributed by atoms with Gasteiger partial charge in [0.25, 0.3) is 0 Å². The van der Waals surface area contributed by atoms with Gasteiger partial charge in [-0.1, -0.05) is 60.7 Å². The molecule has 2 aliphatic heterocycles. The molecule has 0 aliphatic carbocycles. The van der Waals surface area contributed by atoms with Crippen LogP contribution < -0.4 is 45.8 Å². The van der Waals surface area contributed by atoms with Crippen molar-refractivity contribution in [3.8, 4) is 34.5 Å². The van der Waals surface area contributed by atoms with E-state index in [0.717, 1.165) is 34.1 Å². The number of fused-ring (bicyclic) bond motifs is 2. The Hall–Kier alpha value is -2.14. The second kappa shape index (κ2) is 17.0. The van der Waals surface area contributed by atoms with Crippen LogP contribution in [0.3, 0.4) is 0 Å². The van der Waals surface area contributed by atoms with E-state index in [9.17, 15) is 0 Å². The molecule has 0 radical (unpaired) electrons. The van der Waals surface area contributed by atoms with Crippen molar-refractivity contribution in [2.24, 2.45) is 11.5 Å². The van der Waals surface area contributed by atoms with Crippen molar-refractivity contribution in [3.05, 3.63) is 96.1 Å². The van der Waals surface area contributed by atoms with Crippen LogP contribution in [0.25, 0.3) is 0 Å². The standard InChI is InChI=1S/C18H20O5P2.C14H16N2.2ClH.Ru/c1-24(2)13-7-5-11-15(21-9-19-11)17(13)23-18-14(25(3)4)8-6-12-16(18)22-10-20-12;15-13(11-7-3-1-4-8-11)14(16)12-9-5-2-6-10-12;;;/h5-8H,9-10H2,1-4H3;1-10,13-14H,15-16H2;2*1H;/q;;;;+4. The summed E-state index contributed by atoms with van der Waals surface area (Å²) in [5, 5.41) is 2.36. The first-order chi connectivity index (χ1) is 21.3. The van der Waals surface area contributed by atoms with Crippen LogP contribution in [0.5, 0.6) is 34.5 Å². The van der Waals surface area contributed by atoms with Gasteiger partial charge in [-0.3, -0.25) is 0 Å². The minimum atomic E-state index is -0.752. The molecule has 0 fully saturated rings. The van der Waals surface area contributed by atoms with Gasteiger partial charge in [0.05, 0.1) is 26.7 Å². The summed E-state index contributed by atoms with van der Waals surface area (Å²) in [5.41, 5.74) is 14.4. The number of rotatable bonds is 7. The molecule has 4 N–H and O–H groups in total. The fourth-order valence-corrected chi connectivity index (χ4v) is 6.82. The first-order valence-electron chi connectivity index (χ1n) is 13.9. The van der Waals surface area contributed by atoms with Crippen molar-refractivity contribution in [1.29, 1.82) is 0 Å². The van der Waals surface area contributed by atoms with Crippen molar-refractivity contribution in [2.75, 3.05) is 40.2 Å². The van der Waals surface area contributed by atoms with Gasteiger partial charge in [-0.2, -0.15) is 0 Å². The van der Waals surface area contributed by atoms with Crippen LogP contribution >= 0.6 is 35.2 Å². The third-order valence-corrected chi connectivity index (χ3v) is 9.97. The molecule has 4 aromatic carbocycles. The SMILES string of the molecule is C[PH+](C)c1ccc2c(c1Oc1c([PH+](C)C)ccc3c1OCO3)OCO2.NC(c1ccccc1)C(N)c1ccccc1.[Cl][Ru+2][Cl]. The molecule has 7 nitrogen and oxygen atoms in total. The Morgan fingerprint density at radius 2 is 0.977 bits per heavy atom. The Bertz CT molecular complexity index is 1390. The summed E-state index contributed by atoms with van der Waals surface area (Å²) in [6.07, 6.45) is 0. The molecule has 0 aromatic heterocycles. The van der Waals surface area contributed by atoms with E-state index in [1.165, 1.54) is 10.6 Å². The molecule has 0 saturated carbocycles. The average molecular weight is 765 g/mol. The molecule has 4 aromatic rings. The predicted octanol–water partition coefficient (Wildman–Crippen LogP) is 6.90. The first kappa shape index (κ1) is 34.7. The van der Waals surface area contributed by atoms with Crippen molar-refractivity contribution >= 4 is 45.8 Å². The summed E-state index contributed by atoms with van der Waals surface area (Å²) in [6.45, 7) is 9.39. The van der Waals surface area contributed by atoms with E-state index < -0.39 is 15.8 Å². The minimum absolute atomic E-state index is 0.163. The third kappa shape index (κ3) is 8.56. The summed E-state index contributed by atoms with van der Waals surface area (Å²) in [4.78, 5) is 0. The number of halogens is 2. The molecule has 234 valence electrons. The number of hydrogen-bond donors (Lipinski definition) is 2. The molecule has 0 amide bonds. The van der Waals surface area contributed by atoms with Gasteiger partial charge in [-0.05, 0) is 35.4 Å². The first-order valence-corrected chi connectivity index (χ1v) is 23.3. The molecular weight excluding hydrogens is 726 g/mol. The van der Waals surface area contributed by atoms with Gasteiger partial charge < -0.3 is 35.2 Å².